The normalized spacial score (nSPS) is 10.6. The maximum Gasteiger partial charge on any atom is 0.271 e. The van der Waals surface area contributed by atoms with Gasteiger partial charge in [-0.1, -0.05) is 0 Å². The summed E-state index contributed by atoms with van der Waals surface area (Å²) in [6.45, 7) is 7.16. The standard InChI is InChI=1S/C22H26N4O6/c1-4-25(5-2)21(27)15-32-19-12-7-16(13-20(19)31-6-3)14-23-24-22(28)17-8-10-18(11-9-17)26(29)30/h7-14H,4-6,15H2,1-3H3,(H,24,28)/b23-14+. The third kappa shape index (κ3) is 6.79. The molecular formula is C22H26N4O6. The van der Waals surface area contributed by atoms with Crippen molar-refractivity contribution in [1.29, 1.82) is 0 Å². The van der Waals surface area contributed by atoms with Crippen LogP contribution in [0.1, 0.15) is 36.7 Å². The molecule has 0 saturated heterocycles. The molecule has 2 aromatic rings. The maximum atomic E-state index is 12.2. The Hall–Kier alpha value is -3.95. The van der Waals surface area contributed by atoms with E-state index >= 15 is 0 Å². The first-order chi connectivity index (χ1) is 15.4. The average Bonchev–Trinajstić information content (AvgIpc) is 2.79. The van der Waals surface area contributed by atoms with Crippen LogP contribution < -0.4 is 14.9 Å². The molecule has 32 heavy (non-hydrogen) atoms. The molecule has 2 rings (SSSR count). The number of nitrogens with zero attached hydrogens (tertiary/aromatic N) is 3. The average molecular weight is 442 g/mol. The number of hydrogen-bond donors (Lipinski definition) is 1. The zero-order valence-corrected chi connectivity index (χ0v) is 18.2. The zero-order valence-electron chi connectivity index (χ0n) is 18.2. The number of ether oxygens (including phenoxy) is 2. The van der Waals surface area contributed by atoms with E-state index in [-0.39, 0.29) is 23.8 Å². The van der Waals surface area contributed by atoms with Crippen molar-refractivity contribution in [3.8, 4) is 11.5 Å². The van der Waals surface area contributed by atoms with Crippen molar-refractivity contribution in [3.05, 3.63) is 63.7 Å². The van der Waals surface area contributed by atoms with Crippen molar-refractivity contribution in [2.45, 2.75) is 20.8 Å². The minimum Gasteiger partial charge on any atom is -0.490 e. The largest absolute Gasteiger partial charge is 0.490 e. The smallest absolute Gasteiger partial charge is 0.271 e. The van der Waals surface area contributed by atoms with E-state index in [1.165, 1.54) is 30.5 Å². The third-order valence-electron chi connectivity index (χ3n) is 4.45. The molecule has 2 aromatic carbocycles. The second-order valence-corrected chi connectivity index (χ2v) is 6.50. The van der Waals surface area contributed by atoms with E-state index in [9.17, 15) is 19.7 Å². The molecule has 0 aliphatic carbocycles. The highest BCUT2D eigenvalue weighted by Gasteiger charge is 2.13. The van der Waals surface area contributed by atoms with Crippen LogP contribution in [-0.4, -0.2) is 54.2 Å². The first-order valence-electron chi connectivity index (χ1n) is 10.1. The third-order valence-corrected chi connectivity index (χ3v) is 4.45. The number of carbonyl (C=O) groups excluding carboxylic acids is 2. The molecule has 0 bridgehead atoms. The fraction of sp³-hybridized carbons (Fsp3) is 0.318. The maximum absolute atomic E-state index is 12.2. The van der Waals surface area contributed by atoms with Gasteiger partial charge in [-0.3, -0.25) is 19.7 Å². The fourth-order valence-corrected chi connectivity index (χ4v) is 2.76. The Morgan fingerprint density at radius 2 is 1.75 bits per heavy atom. The molecule has 0 aliphatic heterocycles. The lowest BCUT2D eigenvalue weighted by Gasteiger charge is -2.19. The van der Waals surface area contributed by atoms with Crippen LogP contribution in [0.3, 0.4) is 0 Å². The second-order valence-electron chi connectivity index (χ2n) is 6.50. The van der Waals surface area contributed by atoms with Crippen LogP contribution in [0.5, 0.6) is 11.5 Å². The Morgan fingerprint density at radius 1 is 1.06 bits per heavy atom. The molecule has 0 radical (unpaired) electrons. The predicted octanol–water partition coefficient (Wildman–Crippen LogP) is 3.00. The van der Waals surface area contributed by atoms with Gasteiger partial charge in [-0.25, -0.2) is 5.43 Å². The van der Waals surface area contributed by atoms with Gasteiger partial charge in [0, 0.05) is 30.8 Å². The summed E-state index contributed by atoms with van der Waals surface area (Å²) >= 11 is 0. The minimum atomic E-state index is -0.539. The molecule has 1 N–H and O–H groups in total. The molecule has 0 spiro atoms. The van der Waals surface area contributed by atoms with Crippen LogP contribution in [0.25, 0.3) is 0 Å². The number of non-ortho nitro benzene ring substituents is 1. The van der Waals surface area contributed by atoms with E-state index in [1.54, 1.807) is 23.1 Å². The summed E-state index contributed by atoms with van der Waals surface area (Å²) in [4.78, 5) is 36.1. The van der Waals surface area contributed by atoms with Gasteiger partial charge >= 0.3 is 0 Å². The molecule has 0 heterocycles. The van der Waals surface area contributed by atoms with Crippen molar-refractivity contribution < 1.29 is 24.0 Å². The Labute approximate surface area is 186 Å². The molecule has 0 atom stereocenters. The van der Waals surface area contributed by atoms with Crippen LogP contribution in [0.2, 0.25) is 0 Å². The number of benzene rings is 2. The van der Waals surface area contributed by atoms with E-state index in [0.29, 0.717) is 36.8 Å². The predicted molar refractivity (Wildman–Crippen MR) is 119 cm³/mol. The summed E-state index contributed by atoms with van der Waals surface area (Å²) in [5.74, 6) is 0.262. The summed E-state index contributed by atoms with van der Waals surface area (Å²) in [5, 5.41) is 14.6. The first kappa shape index (κ1) is 24.3. The zero-order chi connectivity index (χ0) is 23.5. The quantitative estimate of drug-likeness (QED) is 0.324. The SMILES string of the molecule is CCOc1cc(/C=N/NC(=O)c2ccc([N+](=O)[O-])cc2)ccc1OCC(=O)N(CC)CC. The van der Waals surface area contributed by atoms with E-state index in [2.05, 4.69) is 10.5 Å². The Morgan fingerprint density at radius 3 is 2.34 bits per heavy atom. The monoisotopic (exact) mass is 442 g/mol. The highest BCUT2D eigenvalue weighted by atomic mass is 16.6. The van der Waals surface area contributed by atoms with Gasteiger partial charge in [0.05, 0.1) is 17.7 Å². The molecule has 10 nitrogen and oxygen atoms in total. The van der Waals surface area contributed by atoms with E-state index in [0.717, 1.165) is 0 Å². The summed E-state index contributed by atoms with van der Waals surface area (Å²) in [7, 11) is 0. The molecule has 0 unspecified atom stereocenters. The Kier molecular flexibility index (Phi) is 9.15. The molecule has 170 valence electrons. The number of nitrogens with one attached hydrogen (secondary N) is 1. The fourth-order valence-electron chi connectivity index (χ4n) is 2.76. The van der Waals surface area contributed by atoms with Gasteiger partial charge in [0.2, 0.25) is 0 Å². The number of nitro benzene ring substituents is 1. The highest BCUT2D eigenvalue weighted by molar-refractivity contribution is 5.95. The molecule has 0 fully saturated rings. The number of nitro groups is 1. The van der Waals surface area contributed by atoms with E-state index in [4.69, 9.17) is 9.47 Å². The number of hydrogen-bond acceptors (Lipinski definition) is 7. The van der Waals surface area contributed by atoms with Crippen LogP contribution in [0, 0.1) is 10.1 Å². The molecule has 0 saturated carbocycles. The molecule has 0 aromatic heterocycles. The lowest BCUT2D eigenvalue weighted by Crippen LogP contribution is -2.34. The van der Waals surface area contributed by atoms with Gasteiger partial charge in [-0.2, -0.15) is 5.10 Å². The number of rotatable bonds is 11. The minimum absolute atomic E-state index is 0.0967. The molecule has 10 heteroatoms. The van der Waals surface area contributed by atoms with Crippen LogP contribution in [-0.2, 0) is 4.79 Å². The van der Waals surface area contributed by atoms with Crippen LogP contribution >= 0.6 is 0 Å². The topological polar surface area (TPSA) is 123 Å². The van der Waals surface area contributed by atoms with Gasteiger partial charge in [-0.05, 0) is 56.7 Å². The lowest BCUT2D eigenvalue weighted by atomic mass is 10.2. The second kappa shape index (κ2) is 12.0. The molecular weight excluding hydrogens is 416 g/mol. The highest BCUT2D eigenvalue weighted by Crippen LogP contribution is 2.28. The molecule has 2 amide bonds. The summed E-state index contributed by atoms with van der Waals surface area (Å²) in [6.07, 6.45) is 1.43. The van der Waals surface area contributed by atoms with Crippen molar-refractivity contribution >= 4 is 23.7 Å². The number of amides is 2. The van der Waals surface area contributed by atoms with Gasteiger partial charge in [0.25, 0.3) is 17.5 Å². The van der Waals surface area contributed by atoms with Crippen LogP contribution in [0.15, 0.2) is 47.6 Å². The summed E-state index contributed by atoms with van der Waals surface area (Å²) in [6, 6.07) is 10.3. The van der Waals surface area contributed by atoms with Crippen LogP contribution in [0.4, 0.5) is 5.69 Å². The summed E-state index contributed by atoms with van der Waals surface area (Å²) in [5.41, 5.74) is 3.14. The number of likely N-dealkylation sites (N-methyl/N-ethyl adjacent to an activating group) is 1. The van der Waals surface area contributed by atoms with Gasteiger partial charge in [0.1, 0.15) is 0 Å². The van der Waals surface area contributed by atoms with Gasteiger partial charge in [0.15, 0.2) is 18.1 Å². The van der Waals surface area contributed by atoms with Crippen molar-refractivity contribution in [1.82, 2.24) is 10.3 Å². The lowest BCUT2D eigenvalue weighted by molar-refractivity contribution is -0.384. The van der Waals surface area contributed by atoms with Crippen molar-refractivity contribution in [2.75, 3.05) is 26.3 Å². The van der Waals surface area contributed by atoms with E-state index in [1.807, 2.05) is 20.8 Å². The van der Waals surface area contributed by atoms with E-state index < -0.39 is 10.8 Å². The Bertz CT molecular complexity index is 971. The van der Waals surface area contributed by atoms with Crippen molar-refractivity contribution in [3.63, 3.8) is 0 Å². The number of hydrazone groups is 1. The van der Waals surface area contributed by atoms with Crippen molar-refractivity contribution in [2.24, 2.45) is 5.10 Å². The van der Waals surface area contributed by atoms with Gasteiger partial charge < -0.3 is 14.4 Å². The van der Waals surface area contributed by atoms with Gasteiger partial charge in [-0.15, -0.1) is 0 Å². The summed E-state index contributed by atoms with van der Waals surface area (Å²) < 4.78 is 11.2. The molecule has 0 aliphatic rings. The first-order valence-corrected chi connectivity index (χ1v) is 10.1. The number of carbonyl (C=O) groups is 2. The Balaban J connectivity index is 2.02.